The number of methoxy groups -OCH3 is 2. The van der Waals surface area contributed by atoms with Crippen LogP contribution in [-0.2, 0) is 4.79 Å². The van der Waals surface area contributed by atoms with Gasteiger partial charge in [-0.3, -0.25) is 4.79 Å². The van der Waals surface area contributed by atoms with Gasteiger partial charge in [0.05, 0.1) is 14.2 Å². The molecule has 0 saturated carbocycles. The molecule has 0 heterocycles. The second kappa shape index (κ2) is 7.31. The maximum atomic E-state index is 12.0. The van der Waals surface area contributed by atoms with Gasteiger partial charge in [0, 0.05) is 30.0 Å². The monoisotopic (exact) mass is 297 g/mol. The number of ether oxygens (including phenoxy) is 2. The summed E-state index contributed by atoms with van der Waals surface area (Å²) in [5.41, 5.74) is 2.78. The van der Waals surface area contributed by atoms with E-state index in [4.69, 9.17) is 9.47 Å². The Labute approximate surface area is 130 Å². The molecule has 114 valence electrons. The van der Waals surface area contributed by atoms with Crippen LogP contribution in [0.2, 0.25) is 0 Å². The lowest BCUT2D eigenvalue weighted by molar-refractivity contribution is -0.111. The molecule has 2 aromatic carbocycles. The fourth-order valence-electron chi connectivity index (χ4n) is 1.91. The standard InChI is InChI=1S/C18H19NO3/c1-13-4-6-14(7-5-13)8-9-18(20)19-15-10-16(21-2)12-17(11-15)22-3/h4-12H,1-3H3,(H,19,20)/b9-8+. The lowest BCUT2D eigenvalue weighted by Gasteiger charge is -2.08. The van der Waals surface area contributed by atoms with Gasteiger partial charge in [-0.05, 0) is 18.6 Å². The first-order valence-electron chi connectivity index (χ1n) is 6.89. The van der Waals surface area contributed by atoms with Crippen molar-refractivity contribution in [3.63, 3.8) is 0 Å². The highest BCUT2D eigenvalue weighted by molar-refractivity contribution is 6.02. The van der Waals surface area contributed by atoms with E-state index >= 15 is 0 Å². The number of anilines is 1. The van der Waals surface area contributed by atoms with Crippen molar-refractivity contribution < 1.29 is 14.3 Å². The Morgan fingerprint density at radius 3 is 2.14 bits per heavy atom. The third-order valence-corrected chi connectivity index (χ3v) is 3.12. The van der Waals surface area contributed by atoms with Crippen LogP contribution in [0.15, 0.2) is 48.5 Å². The number of carbonyl (C=O) groups excluding carboxylic acids is 1. The van der Waals surface area contributed by atoms with Crippen LogP contribution in [0.3, 0.4) is 0 Å². The maximum Gasteiger partial charge on any atom is 0.248 e. The van der Waals surface area contributed by atoms with Crippen LogP contribution in [0.25, 0.3) is 6.08 Å². The predicted octanol–water partition coefficient (Wildman–Crippen LogP) is 3.66. The predicted molar refractivity (Wildman–Crippen MR) is 88.4 cm³/mol. The van der Waals surface area contributed by atoms with Crippen LogP contribution in [0.1, 0.15) is 11.1 Å². The van der Waals surface area contributed by atoms with Crippen LogP contribution in [0.4, 0.5) is 5.69 Å². The molecule has 2 rings (SSSR count). The van der Waals surface area contributed by atoms with Gasteiger partial charge in [-0.15, -0.1) is 0 Å². The van der Waals surface area contributed by atoms with E-state index in [1.54, 1.807) is 38.5 Å². The van der Waals surface area contributed by atoms with E-state index in [1.807, 2.05) is 31.2 Å². The molecule has 4 nitrogen and oxygen atoms in total. The number of carbonyl (C=O) groups is 1. The van der Waals surface area contributed by atoms with E-state index in [0.717, 1.165) is 5.56 Å². The van der Waals surface area contributed by atoms with Crippen molar-refractivity contribution >= 4 is 17.7 Å². The molecule has 0 aliphatic rings. The molecular formula is C18H19NO3. The first kappa shape index (κ1) is 15.6. The highest BCUT2D eigenvalue weighted by Gasteiger charge is 2.04. The number of hydrogen-bond acceptors (Lipinski definition) is 3. The van der Waals surface area contributed by atoms with Gasteiger partial charge >= 0.3 is 0 Å². The molecule has 0 fully saturated rings. The summed E-state index contributed by atoms with van der Waals surface area (Å²) >= 11 is 0. The molecule has 0 bridgehead atoms. The molecule has 22 heavy (non-hydrogen) atoms. The van der Waals surface area contributed by atoms with Crippen LogP contribution in [-0.4, -0.2) is 20.1 Å². The van der Waals surface area contributed by atoms with Crippen molar-refractivity contribution in [2.45, 2.75) is 6.92 Å². The molecule has 0 aromatic heterocycles. The zero-order chi connectivity index (χ0) is 15.9. The molecule has 0 radical (unpaired) electrons. The number of aryl methyl sites for hydroxylation is 1. The first-order chi connectivity index (χ1) is 10.6. The van der Waals surface area contributed by atoms with Gasteiger partial charge < -0.3 is 14.8 Å². The minimum atomic E-state index is -0.212. The Kier molecular flexibility index (Phi) is 5.20. The summed E-state index contributed by atoms with van der Waals surface area (Å²) in [7, 11) is 3.13. The summed E-state index contributed by atoms with van der Waals surface area (Å²) < 4.78 is 10.3. The highest BCUT2D eigenvalue weighted by atomic mass is 16.5. The van der Waals surface area contributed by atoms with Crippen LogP contribution in [0.5, 0.6) is 11.5 Å². The lowest BCUT2D eigenvalue weighted by atomic mass is 10.1. The van der Waals surface area contributed by atoms with Crippen molar-refractivity contribution in [1.82, 2.24) is 0 Å². The zero-order valence-corrected chi connectivity index (χ0v) is 12.9. The van der Waals surface area contributed by atoms with Gasteiger partial charge in [0.2, 0.25) is 5.91 Å². The largest absolute Gasteiger partial charge is 0.497 e. The van der Waals surface area contributed by atoms with Gasteiger partial charge in [0.15, 0.2) is 0 Å². The number of rotatable bonds is 5. The molecule has 1 amide bonds. The van der Waals surface area contributed by atoms with E-state index in [0.29, 0.717) is 17.2 Å². The molecular weight excluding hydrogens is 278 g/mol. The Balaban J connectivity index is 2.06. The van der Waals surface area contributed by atoms with Gasteiger partial charge in [-0.25, -0.2) is 0 Å². The summed E-state index contributed by atoms with van der Waals surface area (Å²) in [6, 6.07) is 13.2. The summed E-state index contributed by atoms with van der Waals surface area (Å²) in [6.07, 6.45) is 3.27. The Hall–Kier alpha value is -2.75. The molecule has 0 unspecified atom stereocenters. The molecule has 4 heteroatoms. The third kappa shape index (κ3) is 4.38. The van der Waals surface area contributed by atoms with Crippen molar-refractivity contribution in [2.24, 2.45) is 0 Å². The number of hydrogen-bond donors (Lipinski definition) is 1. The van der Waals surface area contributed by atoms with Crippen LogP contribution < -0.4 is 14.8 Å². The lowest BCUT2D eigenvalue weighted by Crippen LogP contribution is -2.08. The summed E-state index contributed by atoms with van der Waals surface area (Å²) in [4.78, 5) is 12.0. The second-order valence-electron chi connectivity index (χ2n) is 4.83. The fraction of sp³-hybridized carbons (Fsp3) is 0.167. The summed E-state index contributed by atoms with van der Waals surface area (Å²) in [5.74, 6) is 1.03. The minimum absolute atomic E-state index is 0.212. The summed E-state index contributed by atoms with van der Waals surface area (Å²) in [5, 5.41) is 2.79. The minimum Gasteiger partial charge on any atom is -0.497 e. The fourth-order valence-corrected chi connectivity index (χ4v) is 1.91. The van der Waals surface area contributed by atoms with Crippen LogP contribution >= 0.6 is 0 Å². The van der Waals surface area contributed by atoms with Gasteiger partial charge in [-0.1, -0.05) is 29.8 Å². The second-order valence-corrected chi connectivity index (χ2v) is 4.83. The van der Waals surface area contributed by atoms with Gasteiger partial charge in [0.25, 0.3) is 0 Å². The van der Waals surface area contributed by atoms with E-state index < -0.39 is 0 Å². The maximum absolute atomic E-state index is 12.0. The molecule has 0 atom stereocenters. The quantitative estimate of drug-likeness (QED) is 0.857. The van der Waals surface area contributed by atoms with E-state index in [-0.39, 0.29) is 5.91 Å². The third-order valence-electron chi connectivity index (χ3n) is 3.12. The number of nitrogens with one attached hydrogen (secondary N) is 1. The van der Waals surface area contributed by atoms with E-state index in [1.165, 1.54) is 11.6 Å². The Morgan fingerprint density at radius 2 is 1.59 bits per heavy atom. The van der Waals surface area contributed by atoms with Gasteiger partial charge in [-0.2, -0.15) is 0 Å². The van der Waals surface area contributed by atoms with Crippen molar-refractivity contribution in [3.8, 4) is 11.5 Å². The van der Waals surface area contributed by atoms with Gasteiger partial charge in [0.1, 0.15) is 11.5 Å². The normalized spacial score (nSPS) is 10.5. The number of benzene rings is 2. The molecule has 0 saturated heterocycles. The SMILES string of the molecule is COc1cc(NC(=O)/C=C/c2ccc(C)cc2)cc(OC)c1. The topological polar surface area (TPSA) is 47.6 Å². The summed E-state index contributed by atoms with van der Waals surface area (Å²) in [6.45, 7) is 2.02. The Bertz CT molecular complexity index is 653. The van der Waals surface area contributed by atoms with Crippen molar-refractivity contribution in [3.05, 3.63) is 59.7 Å². The van der Waals surface area contributed by atoms with Crippen LogP contribution in [0, 0.1) is 6.92 Å². The van der Waals surface area contributed by atoms with Crippen molar-refractivity contribution in [2.75, 3.05) is 19.5 Å². The molecule has 0 aliphatic heterocycles. The van der Waals surface area contributed by atoms with E-state index in [9.17, 15) is 4.79 Å². The average Bonchev–Trinajstić information content (AvgIpc) is 2.54. The average molecular weight is 297 g/mol. The smallest absolute Gasteiger partial charge is 0.248 e. The highest BCUT2D eigenvalue weighted by Crippen LogP contribution is 2.25. The van der Waals surface area contributed by atoms with Crippen molar-refractivity contribution in [1.29, 1.82) is 0 Å². The molecule has 1 N–H and O–H groups in total. The molecule has 0 spiro atoms. The molecule has 0 aliphatic carbocycles. The Morgan fingerprint density at radius 1 is 1.00 bits per heavy atom. The zero-order valence-electron chi connectivity index (χ0n) is 12.9. The molecule has 2 aromatic rings. The van der Waals surface area contributed by atoms with E-state index in [2.05, 4.69) is 5.32 Å². The number of amides is 1. The first-order valence-corrected chi connectivity index (χ1v) is 6.89.